The van der Waals surface area contributed by atoms with Crippen molar-refractivity contribution in [3.05, 3.63) is 83.2 Å². The number of aliphatic hydroxyl groups is 2. The van der Waals surface area contributed by atoms with Crippen molar-refractivity contribution in [1.82, 2.24) is 0 Å². The van der Waals surface area contributed by atoms with E-state index in [0.29, 0.717) is 22.6 Å². The van der Waals surface area contributed by atoms with Gasteiger partial charge in [0.1, 0.15) is 34.9 Å². The molecule has 5 rings (SSSR count). The number of aliphatic hydroxyl groups excluding tert-OH is 1. The van der Waals surface area contributed by atoms with Gasteiger partial charge in [0.25, 0.3) is 0 Å². The van der Waals surface area contributed by atoms with Crippen LogP contribution in [0.2, 0.25) is 0 Å². The van der Waals surface area contributed by atoms with Crippen LogP contribution in [0.4, 0.5) is 4.39 Å². The summed E-state index contributed by atoms with van der Waals surface area (Å²) in [5, 5.41) is 24.5. The topological polar surface area (TPSA) is 104 Å². The number of fused-ring (bicyclic) bond motifs is 3. The first-order chi connectivity index (χ1) is 17.8. The van der Waals surface area contributed by atoms with Gasteiger partial charge in [0, 0.05) is 18.1 Å². The van der Waals surface area contributed by atoms with Gasteiger partial charge in [-0.05, 0) is 35.4 Å². The first kappa shape index (κ1) is 24.9. The average Bonchev–Trinajstić information content (AvgIpc) is 3.30. The number of esters is 1. The van der Waals surface area contributed by atoms with Crippen molar-refractivity contribution >= 4 is 5.97 Å². The molecule has 1 aliphatic heterocycles. The summed E-state index contributed by atoms with van der Waals surface area (Å²) >= 11 is 0. The molecule has 3 aromatic rings. The van der Waals surface area contributed by atoms with Crippen molar-refractivity contribution in [3.63, 3.8) is 0 Å². The third-order valence-corrected chi connectivity index (χ3v) is 7.48. The summed E-state index contributed by atoms with van der Waals surface area (Å²) in [5.74, 6) is -2.41. The number of rotatable bonds is 6. The molecule has 8 nitrogen and oxygen atoms in total. The van der Waals surface area contributed by atoms with E-state index in [4.69, 9.17) is 23.7 Å². The second-order valence-corrected chi connectivity index (χ2v) is 9.06. The lowest BCUT2D eigenvalue weighted by Crippen LogP contribution is -2.52. The molecule has 37 heavy (non-hydrogen) atoms. The predicted molar refractivity (Wildman–Crippen MR) is 129 cm³/mol. The minimum Gasteiger partial charge on any atom is -0.497 e. The normalized spacial score (nSPS) is 27.6. The molecule has 0 unspecified atom stereocenters. The number of hydrogen-bond acceptors (Lipinski definition) is 8. The summed E-state index contributed by atoms with van der Waals surface area (Å²) in [6.07, 6.45) is -1.72. The zero-order valence-electron chi connectivity index (χ0n) is 20.7. The van der Waals surface area contributed by atoms with Crippen molar-refractivity contribution in [2.24, 2.45) is 5.92 Å². The average molecular weight is 511 g/mol. The number of hydrogen-bond donors (Lipinski definition) is 2. The van der Waals surface area contributed by atoms with Crippen molar-refractivity contribution in [2.45, 2.75) is 23.2 Å². The molecule has 0 radical (unpaired) electrons. The van der Waals surface area contributed by atoms with E-state index in [-0.39, 0.29) is 17.1 Å². The Kier molecular flexibility index (Phi) is 6.00. The predicted octanol–water partition coefficient (Wildman–Crippen LogP) is 3.27. The molecular formula is C28H27FO8. The minimum absolute atomic E-state index is 0.145. The molecular weight excluding hydrogens is 483 g/mol. The highest BCUT2D eigenvalue weighted by Crippen LogP contribution is 2.70. The fourth-order valence-corrected chi connectivity index (χ4v) is 5.94. The number of carbonyl (C=O) groups excluding carboxylic acids is 1. The summed E-state index contributed by atoms with van der Waals surface area (Å²) < 4.78 is 42.5. The maximum absolute atomic E-state index is 14.5. The summed E-state index contributed by atoms with van der Waals surface area (Å²) in [7, 11) is 5.60. The third-order valence-electron chi connectivity index (χ3n) is 7.48. The molecule has 0 bridgehead atoms. The van der Waals surface area contributed by atoms with Crippen molar-refractivity contribution in [3.8, 4) is 23.0 Å². The van der Waals surface area contributed by atoms with E-state index in [2.05, 4.69) is 0 Å². The van der Waals surface area contributed by atoms with Crippen LogP contribution in [0.15, 0.2) is 60.7 Å². The Hall–Kier alpha value is -3.82. The van der Waals surface area contributed by atoms with Gasteiger partial charge in [-0.3, -0.25) is 4.79 Å². The van der Waals surface area contributed by atoms with Crippen LogP contribution in [0.5, 0.6) is 23.0 Å². The standard InChI is InChI=1S/C28H27FO8/c1-33-18-10-8-16(9-11-18)28-23(15-6-5-7-17(29)12-15)22(26(31)36-4)25(30)27(28,32)24-20(35-3)13-19(34-2)14-21(24)37-28/h5-14,22-23,25,30,32H,1-4H3/t22-,23-,25-,27+,28+/m1/s1. The maximum atomic E-state index is 14.5. The zero-order valence-corrected chi connectivity index (χ0v) is 20.7. The van der Waals surface area contributed by atoms with Crippen molar-refractivity contribution in [1.29, 1.82) is 0 Å². The molecule has 2 N–H and O–H groups in total. The number of benzene rings is 3. The first-order valence-corrected chi connectivity index (χ1v) is 11.6. The van der Waals surface area contributed by atoms with Gasteiger partial charge in [0.05, 0.1) is 39.9 Å². The van der Waals surface area contributed by atoms with Crippen LogP contribution in [0, 0.1) is 11.7 Å². The second kappa shape index (κ2) is 8.93. The number of carbonyl (C=O) groups is 1. The van der Waals surface area contributed by atoms with Gasteiger partial charge in [0.2, 0.25) is 0 Å². The lowest BCUT2D eigenvalue weighted by molar-refractivity contribution is -0.161. The summed E-state index contributed by atoms with van der Waals surface area (Å²) in [6, 6.07) is 15.5. The Morgan fingerprint density at radius 2 is 1.65 bits per heavy atom. The van der Waals surface area contributed by atoms with E-state index >= 15 is 0 Å². The molecule has 1 saturated carbocycles. The van der Waals surface area contributed by atoms with E-state index in [1.165, 1.54) is 46.6 Å². The monoisotopic (exact) mass is 510 g/mol. The molecule has 0 saturated heterocycles. The molecule has 194 valence electrons. The lowest BCUT2D eigenvalue weighted by Gasteiger charge is -2.40. The quantitative estimate of drug-likeness (QED) is 0.487. The van der Waals surface area contributed by atoms with Gasteiger partial charge in [-0.25, -0.2) is 4.39 Å². The van der Waals surface area contributed by atoms with E-state index in [1.54, 1.807) is 42.5 Å². The zero-order chi connectivity index (χ0) is 26.5. The summed E-state index contributed by atoms with van der Waals surface area (Å²) in [4.78, 5) is 13.2. The first-order valence-electron chi connectivity index (χ1n) is 11.6. The Labute approximate surface area is 213 Å². The van der Waals surface area contributed by atoms with Crippen LogP contribution in [-0.2, 0) is 20.7 Å². The van der Waals surface area contributed by atoms with E-state index in [0.717, 1.165) is 0 Å². The number of halogens is 1. The van der Waals surface area contributed by atoms with Gasteiger partial charge in [0.15, 0.2) is 11.2 Å². The highest BCUT2D eigenvalue weighted by molar-refractivity contribution is 5.78. The number of methoxy groups -OCH3 is 4. The van der Waals surface area contributed by atoms with Crippen molar-refractivity contribution < 1.29 is 43.1 Å². The van der Waals surface area contributed by atoms with Gasteiger partial charge in [-0.15, -0.1) is 0 Å². The Morgan fingerprint density at radius 1 is 0.946 bits per heavy atom. The molecule has 2 aliphatic rings. The highest BCUT2D eigenvalue weighted by atomic mass is 19.1. The maximum Gasteiger partial charge on any atom is 0.312 e. The molecule has 0 aromatic heterocycles. The molecule has 1 fully saturated rings. The molecule has 3 aromatic carbocycles. The van der Waals surface area contributed by atoms with E-state index < -0.39 is 40.9 Å². The van der Waals surface area contributed by atoms with E-state index in [9.17, 15) is 19.4 Å². The molecule has 1 heterocycles. The Balaban J connectivity index is 1.89. The van der Waals surface area contributed by atoms with Gasteiger partial charge in [-0.1, -0.05) is 24.3 Å². The second-order valence-electron chi connectivity index (χ2n) is 9.06. The third kappa shape index (κ3) is 3.30. The molecule has 0 amide bonds. The van der Waals surface area contributed by atoms with Gasteiger partial charge in [-0.2, -0.15) is 0 Å². The van der Waals surface area contributed by atoms with Crippen LogP contribution in [0.25, 0.3) is 0 Å². The van der Waals surface area contributed by atoms with Crippen LogP contribution in [0.3, 0.4) is 0 Å². The van der Waals surface area contributed by atoms with Crippen LogP contribution >= 0.6 is 0 Å². The Morgan fingerprint density at radius 3 is 2.24 bits per heavy atom. The smallest absolute Gasteiger partial charge is 0.312 e. The SMILES string of the molecule is COC(=O)[C@H]1[C@@H](O)[C@@]2(O)c3c(OC)cc(OC)cc3O[C@@]2(c2ccc(OC)cc2)[C@@H]1c1cccc(F)c1. The Bertz CT molecular complexity index is 1340. The largest absolute Gasteiger partial charge is 0.497 e. The lowest BCUT2D eigenvalue weighted by atomic mass is 9.70. The number of ether oxygens (including phenoxy) is 5. The van der Waals surface area contributed by atoms with Crippen molar-refractivity contribution in [2.75, 3.05) is 28.4 Å². The minimum atomic E-state index is -2.22. The molecule has 5 atom stereocenters. The fourth-order valence-electron chi connectivity index (χ4n) is 5.94. The van der Waals surface area contributed by atoms with Crippen LogP contribution in [0.1, 0.15) is 22.6 Å². The fraction of sp³-hybridized carbons (Fsp3) is 0.321. The molecule has 1 aliphatic carbocycles. The van der Waals surface area contributed by atoms with Gasteiger partial charge < -0.3 is 33.9 Å². The van der Waals surface area contributed by atoms with Gasteiger partial charge >= 0.3 is 5.97 Å². The van der Waals surface area contributed by atoms with Crippen LogP contribution in [-0.4, -0.2) is 50.7 Å². The highest BCUT2D eigenvalue weighted by Gasteiger charge is 2.78. The van der Waals surface area contributed by atoms with Crippen LogP contribution < -0.4 is 18.9 Å². The van der Waals surface area contributed by atoms with E-state index in [1.807, 2.05) is 0 Å². The molecule has 9 heteroatoms. The molecule has 0 spiro atoms. The summed E-state index contributed by atoms with van der Waals surface area (Å²) in [5.41, 5.74) is -3.11. The summed E-state index contributed by atoms with van der Waals surface area (Å²) in [6.45, 7) is 0.